The van der Waals surface area contributed by atoms with Crippen LogP contribution in [0.2, 0.25) is 0 Å². The molecular formula is C21H17N3O6S. The van der Waals surface area contributed by atoms with Gasteiger partial charge in [0, 0.05) is 23.9 Å². The summed E-state index contributed by atoms with van der Waals surface area (Å²) in [6, 6.07) is 8.51. The highest BCUT2D eigenvalue weighted by Crippen LogP contribution is 2.33. The minimum atomic E-state index is -0.755. The third-order valence-corrected chi connectivity index (χ3v) is 5.76. The number of esters is 1. The van der Waals surface area contributed by atoms with E-state index in [0.717, 1.165) is 0 Å². The van der Waals surface area contributed by atoms with Gasteiger partial charge in [0.2, 0.25) is 0 Å². The first kappa shape index (κ1) is 20.5. The number of nitrogens with zero attached hydrogens (tertiary/aromatic N) is 3. The maximum Gasteiger partial charge on any atom is 0.338 e. The van der Waals surface area contributed by atoms with E-state index in [9.17, 15) is 19.7 Å². The number of non-ortho nitro benzene ring substituents is 1. The molecule has 10 heteroatoms. The van der Waals surface area contributed by atoms with Crippen molar-refractivity contribution in [1.82, 2.24) is 4.57 Å². The fourth-order valence-corrected chi connectivity index (χ4v) is 4.36. The zero-order chi connectivity index (χ0) is 22.1. The van der Waals surface area contributed by atoms with E-state index in [2.05, 4.69) is 4.99 Å². The number of hydrogen-bond acceptors (Lipinski definition) is 8. The van der Waals surface area contributed by atoms with Gasteiger partial charge in [0.1, 0.15) is 16.3 Å². The molecule has 0 unspecified atom stereocenters. The molecule has 0 saturated heterocycles. The Morgan fingerprint density at radius 2 is 2.10 bits per heavy atom. The summed E-state index contributed by atoms with van der Waals surface area (Å²) < 4.78 is 12.3. The molecule has 0 bridgehead atoms. The third-order valence-electron chi connectivity index (χ3n) is 4.78. The molecule has 4 rings (SSSR count). The van der Waals surface area contributed by atoms with Gasteiger partial charge in [-0.15, -0.1) is 0 Å². The molecule has 9 nitrogen and oxygen atoms in total. The summed E-state index contributed by atoms with van der Waals surface area (Å²) in [7, 11) is 0. The number of furan rings is 1. The van der Waals surface area contributed by atoms with Gasteiger partial charge in [0.05, 0.1) is 23.4 Å². The van der Waals surface area contributed by atoms with Crippen LogP contribution in [-0.2, 0) is 9.53 Å². The Labute approximate surface area is 179 Å². The van der Waals surface area contributed by atoms with Crippen LogP contribution in [0.3, 0.4) is 0 Å². The standard InChI is InChI=1S/C21H17N3O6S/c1-3-29-20(26)17-12(2)23-19(25)16(11-15-5-4-10-30-15)31-21(23)22-18(17)13-6-8-14(9-7-13)24(27)28/h4-11,18H,3H2,1-2H3/b16-11+/t18-/m0/s1. The van der Waals surface area contributed by atoms with Crippen molar-refractivity contribution >= 4 is 34.8 Å². The SMILES string of the molecule is CCOC(=O)C1=C(C)n2c(s/c(=C/c3ccco3)c2=O)=N[C@H]1c1ccc([N+](=O)[O-])cc1. The van der Waals surface area contributed by atoms with Crippen LogP contribution in [0.4, 0.5) is 5.69 Å². The first-order valence-electron chi connectivity index (χ1n) is 9.38. The average Bonchev–Trinajstić information content (AvgIpc) is 3.36. The van der Waals surface area contributed by atoms with Gasteiger partial charge in [-0.3, -0.25) is 19.5 Å². The number of nitro benzene ring substituents is 1. The first-order chi connectivity index (χ1) is 14.9. The Morgan fingerprint density at radius 1 is 1.35 bits per heavy atom. The van der Waals surface area contributed by atoms with Gasteiger partial charge in [-0.25, -0.2) is 9.79 Å². The maximum absolute atomic E-state index is 13.0. The van der Waals surface area contributed by atoms with Crippen molar-refractivity contribution in [2.24, 2.45) is 4.99 Å². The number of allylic oxidation sites excluding steroid dienone is 1. The van der Waals surface area contributed by atoms with E-state index in [0.29, 0.717) is 26.4 Å². The van der Waals surface area contributed by atoms with Crippen molar-refractivity contribution < 1.29 is 18.9 Å². The fraction of sp³-hybridized carbons (Fsp3) is 0.190. The second-order valence-electron chi connectivity index (χ2n) is 6.65. The molecular weight excluding hydrogens is 422 g/mol. The molecule has 0 aliphatic carbocycles. The lowest BCUT2D eigenvalue weighted by Gasteiger charge is -2.22. The number of rotatable bonds is 5. The summed E-state index contributed by atoms with van der Waals surface area (Å²) in [6.45, 7) is 3.51. The number of ether oxygens (including phenoxy) is 1. The molecule has 3 heterocycles. The molecule has 0 radical (unpaired) electrons. The molecule has 0 saturated carbocycles. The monoisotopic (exact) mass is 439 g/mol. The van der Waals surface area contributed by atoms with Crippen LogP contribution in [-0.4, -0.2) is 22.1 Å². The summed E-state index contributed by atoms with van der Waals surface area (Å²) in [4.78, 5) is 41.3. The van der Waals surface area contributed by atoms with Gasteiger partial charge in [-0.2, -0.15) is 0 Å². The van der Waals surface area contributed by atoms with Crippen molar-refractivity contribution in [3.05, 3.63) is 89.4 Å². The minimum Gasteiger partial charge on any atom is -0.465 e. The summed E-state index contributed by atoms with van der Waals surface area (Å²) in [6.07, 6.45) is 3.13. The van der Waals surface area contributed by atoms with Crippen LogP contribution in [0.1, 0.15) is 31.2 Å². The first-order valence-corrected chi connectivity index (χ1v) is 10.2. The Balaban J connectivity index is 1.93. The molecule has 1 atom stereocenters. The van der Waals surface area contributed by atoms with Crippen LogP contribution >= 0.6 is 11.3 Å². The Bertz CT molecular complexity index is 1360. The van der Waals surface area contributed by atoms with Gasteiger partial charge >= 0.3 is 5.97 Å². The second-order valence-corrected chi connectivity index (χ2v) is 7.66. The largest absolute Gasteiger partial charge is 0.465 e. The molecule has 1 aliphatic rings. The number of thiazole rings is 1. The van der Waals surface area contributed by atoms with Crippen LogP contribution in [0.5, 0.6) is 0 Å². The van der Waals surface area contributed by atoms with Crippen molar-refractivity contribution in [1.29, 1.82) is 0 Å². The Hall–Kier alpha value is -3.79. The fourth-order valence-electron chi connectivity index (χ4n) is 3.34. The lowest BCUT2D eigenvalue weighted by atomic mass is 9.96. The highest BCUT2D eigenvalue weighted by Gasteiger charge is 2.31. The van der Waals surface area contributed by atoms with E-state index >= 15 is 0 Å². The topological polar surface area (TPSA) is 117 Å². The maximum atomic E-state index is 13.0. The normalized spacial score (nSPS) is 16.1. The quantitative estimate of drug-likeness (QED) is 0.342. The van der Waals surface area contributed by atoms with Gasteiger partial charge in [-0.05, 0) is 43.7 Å². The van der Waals surface area contributed by atoms with Crippen LogP contribution in [0, 0.1) is 10.1 Å². The van der Waals surface area contributed by atoms with Crippen LogP contribution < -0.4 is 14.9 Å². The molecule has 0 fully saturated rings. The van der Waals surface area contributed by atoms with Crippen LogP contribution in [0.15, 0.2) is 62.4 Å². The number of nitro groups is 1. The van der Waals surface area contributed by atoms with E-state index in [-0.39, 0.29) is 23.4 Å². The molecule has 3 aromatic rings. The van der Waals surface area contributed by atoms with Crippen molar-refractivity contribution in [2.45, 2.75) is 19.9 Å². The lowest BCUT2D eigenvalue weighted by molar-refractivity contribution is -0.384. The molecule has 31 heavy (non-hydrogen) atoms. The summed E-state index contributed by atoms with van der Waals surface area (Å²) in [5.74, 6) is -0.0668. The van der Waals surface area contributed by atoms with Crippen molar-refractivity contribution in [3.63, 3.8) is 0 Å². The van der Waals surface area contributed by atoms with E-state index in [4.69, 9.17) is 9.15 Å². The third kappa shape index (κ3) is 3.73. The summed E-state index contributed by atoms with van der Waals surface area (Å²) >= 11 is 1.17. The lowest BCUT2D eigenvalue weighted by Crippen LogP contribution is -2.35. The zero-order valence-electron chi connectivity index (χ0n) is 16.6. The van der Waals surface area contributed by atoms with Gasteiger partial charge in [-0.1, -0.05) is 11.3 Å². The number of carbonyl (C=O) groups is 1. The summed E-state index contributed by atoms with van der Waals surface area (Å²) in [5, 5.41) is 11.0. The van der Waals surface area contributed by atoms with E-state index in [1.54, 1.807) is 44.2 Å². The van der Waals surface area contributed by atoms with Crippen LogP contribution in [0.25, 0.3) is 11.8 Å². The highest BCUT2D eigenvalue weighted by molar-refractivity contribution is 7.07. The molecule has 0 amide bonds. The number of hydrogen-bond donors (Lipinski definition) is 0. The molecule has 1 aromatic carbocycles. The number of benzene rings is 1. The Morgan fingerprint density at radius 3 is 2.71 bits per heavy atom. The van der Waals surface area contributed by atoms with Gasteiger partial charge < -0.3 is 9.15 Å². The molecule has 0 spiro atoms. The van der Waals surface area contributed by atoms with E-state index in [1.807, 2.05) is 0 Å². The van der Waals surface area contributed by atoms with E-state index in [1.165, 1.54) is 34.3 Å². The Kier molecular flexibility index (Phi) is 5.38. The number of fused-ring (bicyclic) bond motifs is 1. The minimum absolute atomic E-state index is 0.0682. The molecule has 158 valence electrons. The zero-order valence-corrected chi connectivity index (χ0v) is 17.4. The molecule has 0 N–H and O–H groups in total. The van der Waals surface area contributed by atoms with Gasteiger partial charge in [0.25, 0.3) is 11.2 Å². The smallest absolute Gasteiger partial charge is 0.338 e. The van der Waals surface area contributed by atoms with Gasteiger partial charge in [0.15, 0.2) is 4.80 Å². The predicted molar refractivity (Wildman–Crippen MR) is 113 cm³/mol. The predicted octanol–water partition coefficient (Wildman–Crippen LogP) is 2.41. The van der Waals surface area contributed by atoms with E-state index < -0.39 is 16.9 Å². The second kappa shape index (κ2) is 8.15. The number of carbonyl (C=O) groups excluding carboxylic acids is 1. The number of aromatic nitrogens is 1. The molecule has 1 aliphatic heterocycles. The van der Waals surface area contributed by atoms with Crippen molar-refractivity contribution in [3.8, 4) is 0 Å². The molecule has 2 aromatic heterocycles. The average molecular weight is 439 g/mol. The highest BCUT2D eigenvalue weighted by atomic mass is 32.1. The summed E-state index contributed by atoms with van der Waals surface area (Å²) in [5.41, 5.74) is 0.819. The van der Waals surface area contributed by atoms with Crippen molar-refractivity contribution in [2.75, 3.05) is 6.61 Å².